The molecule has 0 fully saturated rings. The molecule has 1 aromatic rings. The number of alkyl halides is 2. The summed E-state index contributed by atoms with van der Waals surface area (Å²) in [5.74, 6) is 0. The van der Waals surface area contributed by atoms with Crippen LogP contribution < -0.4 is 0 Å². The Bertz CT molecular complexity index is 276. The quantitative estimate of drug-likeness (QED) is 0.553. The van der Waals surface area contributed by atoms with Crippen LogP contribution >= 0.6 is 71.0 Å². The third-order valence-corrected chi connectivity index (χ3v) is 3.47. The average Bonchev–Trinajstić information content (AvgIpc) is 1.82. The van der Waals surface area contributed by atoms with Crippen molar-refractivity contribution in [1.29, 1.82) is 0 Å². The topological polar surface area (TPSA) is 0 Å². The first-order valence-corrected chi connectivity index (χ1v) is 6.20. The molecule has 1 rings (SSSR count). The van der Waals surface area contributed by atoms with E-state index in [9.17, 15) is 0 Å². The van der Waals surface area contributed by atoms with Crippen molar-refractivity contribution in [1.82, 2.24) is 0 Å². The summed E-state index contributed by atoms with van der Waals surface area (Å²) in [6.45, 7) is 0. The second kappa shape index (κ2) is 4.65. The highest BCUT2D eigenvalue weighted by molar-refractivity contribution is 9.11. The van der Waals surface area contributed by atoms with E-state index in [0.717, 1.165) is 19.0 Å². The molecule has 0 aliphatic rings. The van der Waals surface area contributed by atoms with Gasteiger partial charge in [-0.2, -0.15) is 0 Å². The van der Waals surface area contributed by atoms with Crippen LogP contribution in [0.4, 0.5) is 0 Å². The van der Waals surface area contributed by atoms with Crippen molar-refractivity contribution >= 4 is 71.0 Å². The van der Waals surface area contributed by atoms with Gasteiger partial charge in [0.25, 0.3) is 0 Å². The zero-order valence-electron chi connectivity index (χ0n) is 5.62. The summed E-state index contributed by atoms with van der Waals surface area (Å²) in [6, 6.07) is 3.80. The van der Waals surface area contributed by atoms with Gasteiger partial charge in [0.2, 0.25) is 0 Å². The van der Waals surface area contributed by atoms with Crippen molar-refractivity contribution < 1.29 is 0 Å². The molecule has 0 radical (unpaired) electrons. The van der Waals surface area contributed by atoms with Crippen LogP contribution in [0.3, 0.4) is 0 Å². The molecule has 0 unspecified atom stereocenters. The number of hydrogen-bond donors (Lipinski definition) is 0. The molecule has 0 heterocycles. The second-order valence-corrected chi connectivity index (χ2v) is 5.80. The van der Waals surface area contributed by atoms with Gasteiger partial charge in [-0.1, -0.05) is 71.0 Å². The SMILES string of the molecule is ClC(Cl)c1c(Br)cc(Br)cc1Br. The van der Waals surface area contributed by atoms with E-state index in [2.05, 4.69) is 47.8 Å². The summed E-state index contributed by atoms with van der Waals surface area (Å²) >= 11 is 21.6. The number of halogens is 5. The van der Waals surface area contributed by atoms with Gasteiger partial charge in [0.05, 0.1) is 0 Å². The van der Waals surface area contributed by atoms with Gasteiger partial charge in [0.15, 0.2) is 0 Å². The lowest BCUT2D eigenvalue weighted by Crippen LogP contribution is -1.86. The Kier molecular flexibility index (Phi) is 4.38. The van der Waals surface area contributed by atoms with E-state index in [-0.39, 0.29) is 0 Å². The summed E-state index contributed by atoms with van der Waals surface area (Å²) in [4.78, 5) is -0.526. The highest BCUT2D eigenvalue weighted by Gasteiger charge is 2.12. The van der Waals surface area contributed by atoms with Crippen molar-refractivity contribution in [3.05, 3.63) is 31.1 Å². The molecule has 0 atom stereocenters. The molecular formula is C7H3Br3Cl2. The third kappa shape index (κ3) is 2.61. The van der Waals surface area contributed by atoms with Gasteiger partial charge in [0.1, 0.15) is 4.84 Å². The van der Waals surface area contributed by atoms with E-state index in [4.69, 9.17) is 23.2 Å². The molecule has 0 nitrogen and oxygen atoms in total. The minimum atomic E-state index is -0.526. The van der Waals surface area contributed by atoms with Crippen LogP contribution in [0.25, 0.3) is 0 Å². The molecule has 0 N–H and O–H groups in total. The molecule has 0 saturated heterocycles. The Balaban J connectivity index is 3.28. The predicted octanol–water partition coefficient (Wildman–Crippen LogP) is 5.45. The highest BCUT2D eigenvalue weighted by Crippen LogP contribution is 2.38. The largest absolute Gasteiger partial charge is 0.134 e. The molecule has 66 valence electrons. The first-order valence-electron chi connectivity index (χ1n) is 2.95. The summed E-state index contributed by atoms with van der Waals surface area (Å²) in [5.41, 5.74) is 0.849. The van der Waals surface area contributed by atoms with Gasteiger partial charge in [-0.15, -0.1) is 0 Å². The first-order chi connectivity index (χ1) is 5.52. The summed E-state index contributed by atoms with van der Waals surface area (Å²) in [7, 11) is 0. The molecule has 0 amide bonds. The Morgan fingerprint density at radius 1 is 1.00 bits per heavy atom. The Morgan fingerprint density at radius 2 is 1.42 bits per heavy atom. The Hall–Kier alpha value is 1.24. The number of hydrogen-bond acceptors (Lipinski definition) is 0. The normalized spacial score (nSPS) is 10.8. The molecule has 0 spiro atoms. The molecule has 0 aliphatic heterocycles. The van der Waals surface area contributed by atoms with Crippen LogP contribution in [0.5, 0.6) is 0 Å². The van der Waals surface area contributed by atoms with Gasteiger partial charge in [0, 0.05) is 19.0 Å². The van der Waals surface area contributed by atoms with Crippen molar-refractivity contribution in [2.24, 2.45) is 0 Å². The van der Waals surface area contributed by atoms with Gasteiger partial charge in [-0.25, -0.2) is 0 Å². The van der Waals surface area contributed by atoms with Crippen molar-refractivity contribution in [2.75, 3.05) is 0 Å². The third-order valence-electron chi connectivity index (χ3n) is 1.26. The van der Waals surface area contributed by atoms with Crippen molar-refractivity contribution in [2.45, 2.75) is 4.84 Å². The zero-order valence-corrected chi connectivity index (χ0v) is 11.9. The maximum absolute atomic E-state index is 5.76. The average molecular weight is 398 g/mol. The van der Waals surface area contributed by atoms with E-state index in [0.29, 0.717) is 0 Å². The van der Waals surface area contributed by atoms with Crippen LogP contribution in [0.1, 0.15) is 10.4 Å². The molecule has 5 heteroatoms. The second-order valence-electron chi connectivity index (χ2n) is 2.08. The van der Waals surface area contributed by atoms with Crippen LogP contribution in [-0.2, 0) is 0 Å². The highest BCUT2D eigenvalue weighted by atomic mass is 79.9. The van der Waals surface area contributed by atoms with E-state index in [1.807, 2.05) is 12.1 Å². The van der Waals surface area contributed by atoms with Crippen molar-refractivity contribution in [3.8, 4) is 0 Å². The van der Waals surface area contributed by atoms with Crippen LogP contribution in [0.15, 0.2) is 25.6 Å². The Labute approximate surface area is 106 Å². The fourth-order valence-electron chi connectivity index (χ4n) is 0.762. The standard InChI is InChI=1S/C7H3Br3Cl2/c8-3-1-4(9)6(7(11)12)5(10)2-3/h1-2,7H. The zero-order chi connectivity index (χ0) is 9.30. The predicted molar refractivity (Wildman–Crippen MR) is 64.0 cm³/mol. The molecule has 0 bridgehead atoms. The van der Waals surface area contributed by atoms with E-state index >= 15 is 0 Å². The molecule has 0 saturated carbocycles. The lowest BCUT2D eigenvalue weighted by molar-refractivity contribution is 1.29. The summed E-state index contributed by atoms with van der Waals surface area (Å²) in [5, 5.41) is 0. The lowest BCUT2D eigenvalue weighted by Gasteiger charge is -2.08. The maximum Gasteiger partial charge on any atom is 0.134 e. The maximum atomic E-state index is 5.76. The van der Waals surface area contributed by atoms with Crippen LogP contribution in [-0.4, -0.2) is 0 Å². The molecular weight excluding hydrogens is 395 g/mol. The van der Waals surface area contributed by atoms with Gasteiger partial charge in [-0.3, -0.25) is 0 Å². The van der Waals surface area contributed by atoms with Crippen molar-refractivity contribution in [3.63, 3.8) is 0 Å². The molecule has 12 heavy (non-hydrogen) atoms. The van der Waals surface area contributed by atoms with E-state index in [1.165, 1.54) is 0 Å². The summed E-state index contributed by atoms with van der Waals surface area (Å²) < 4.78 is 2.75. The van der Waals surface area contributed by atoms with Crippen LogP contribution in [0, 0.1) is 0 Å². The minimum Gasteiger partial charge on any atom is -0.1000 e. The number of benzene rings is 1. The molecule has 1 aromatic carbocycles. The van der Waals surface area contributed by atoms with Crippen LogP contribution in [0.2, 0.25) is 0 Å². The summed E-state index contributed by atoms with van der Waals surface area (Å²) in [6.07, 6.45) is 0. The first kappa shape index (κ1) is 11.3. The fraction of sp³-hybridized carbons (Fsp3) is 0.143. The van der Waals surface area contributed by atoms with E-state index < -0.39 is 4.84 Å². The van der Waals surface area contributed by atoms with Gasteiger partial charge >= 0.3 is 0 Å². The smallest absolute Gasteiger partial charge is 0.1000 e. The molecule has 0 aliphatic carbocycles. The lowest BCUT2D eigenvalue weighted by atomic mass is 10.2. The van der Waals surface area contributed by atoms with E-state index in [1.54, 1.807) is 0 Å². The minimum absolute atomic E-state index is 0.526. The Morgan fingerprint density at radius 3 is 1.75 bits per heavy atom. The molecule has 0 aromatic heterocycles. The van der Waals surface area contributed by atoms with Gasteiger partial charge < -0.3 is 0 Å². The fourth-order valence-corrected chi connectivity index (χ4v) is 4.48. The monoisotopic (exact) mass is 394 g/mol. The van der Waals surface area contributed by atoms with Gasteiger partial charge in [-0.05, 0) is 12.1 Å². The number of rotatable bonds is 1.